The Morgan fingerprint density at radius 1 is 0.926 bits per heavy atom. The van der Waals surface area contributed by atoms with Crippen molar-refractivity contribution in [1.29, 1.82) is 0 Å². The SMILES string of the molecule is Cc1sc(Br)cc1C1=C(c2cc(C(=O)O)sc2C)C(F)(F)C(F)(F)C1(F)F. The summed E-state index contributed by atoms with van der Waals surface area (Å²) in [5, 5.41) is 9.04. The first-order valence-electron chi connectivity index (χ1n) is 7.22. The van der Waals surface area contributed by atoms with Gasteiger partial charge in [-0.2, -0.15) is 26.3 Å². The minimum absolute atomic E-state index is 0.0694. The van der Waals surface area contributed by atoms with Crippen molar-refractivity contribution < 1.29 is 36.2 Å². The highest BCUT2D eigenvalue weighted by Gasteiger charge is 2.80. The molecule has 1 aliphatic rings. The molecule has 146 valence electrons. The van der Waals surface area contributed by atoms with Crippen molar-refractivity contribution in [1.82, 2.24) is 0 Å². The number of allylic oxidation sites excluding steroid dienone is 2. The summed E-state index contributed by atoms with van der Waals surface area (Å²) in [4.78, 5) is 10.8. The number of hydrogen-bond donors (Lipinski definition) is 1. The number of halogens is 7. The molecule has 0 aromatic carbocycles. The smallest absolute Gasteiger partial charge is 0.380 e. The van der Waals surface area contributed by atoms with Gasteiger partial charge in [0, 0.05) is 20.9 Å². The molecule has 11 heteroatoms. The number of alkyl halides is 6. The fraction of sp³-hybridized carbons (Fsp3) is 0.312. The third-order valence-corrected chi connectivity index (χ3v) is 6.81. The van der Waals surface area contributed by atoms with Gasteiger partial charge in [0.1, 0.15) is 4.88 Å². The molecule has 3 rings (SSSR count). The van der Waals surface area contributed by atoms with E-state index < -0.39 is 50.9 Å². The van der Waals surface area contributed by atoms with E-state index in [9.17, 15) is 31.1 Å². The average Bonchev–Trinajstić information content (AvgIpc) is 3.08. The second-order valence-corrected chi connectivity index (χ2v) is 9.77. The van der Waals surface area contributed by atoms with Crippen molar-refractivity contribution in [3.63, 3.8) is 0 Å². The van der Waals surface area contributed by atoms with E-state index in [0.717, 1.165) is 23.5 Å². The molecule has 0 atom stereocenters. The molecule has 0 unspecified atom stereocenters. The van der Waals surface area contributed by atoms with Gasteiger partial charge in [0.2, 0.25) is 0 Å². The maximum absolute atomic E-state index is 14.6. The van der Waals surface area contributed by atoms with Crippen molar-refractivity contribution in [3.8, 4) is 0 Å². The zero-order valence-electron chi connectivity index (χ0n) is 13.5. The first-order chi connectivity index (χ1) is 12.2. The maximum Gasteiger partial charge on any atom is 0.380 e. The van der Waals surface area contributed by atoms with E-state index in [4.69, 9.17) is 5.11 Å². The molecular formula is C16H9BrF6O2S2. The van der Waals surface area contributed by atoms with Crippen LogP contribution in [0.2, 0.25) is 0 Å². The van der Waals surface area contributed by atoms with Crippen LogP contribution in [0.5, 0.6) is 0 Å². The summed E-state index contributed by atoms with van der Waals surface area (Å²) in [6.45, 7) is 2.57. The van der Waals surface area contributed by atoms with E-state index in [1.165, 1.54) is 13.8 Å². The Hall–Kier alpha value is -1.33. The molecule has 2 heterocycles. The molecule has 2 aromatic rings. The summed E-state index contributed by atoms with van der Waals surface area (Å²) < 4.78 is 86.9. The standard InChI is InChI=1S/C16H9BrF6O2S2/c1-5-7(3-9(26-5)13(24)25)11-12(8-4-10(17)27-6(8)2)15(20,21)16(22,23)14(11,18)19/h3-4H,1-2H3,(H,24,25). The molecule has 0 bridgehead atoms. The first-order valence-corrected chi connectivity index (χ1v) is 9.65. The summed E-state index contributed by atoms with van der Waals surface area (Å²) in [6, 6.07) is 1.82. The highest BCUT2D eigenvalue weighted by atomic mass is 79.9. The lowest BCUT2D eigenvalue weighted by Gasteiger charge is -2.25. The zero-order chi connectivity index (χ0) is 20.5. The molecule has 2 nitrogen and oxygen atoms in total. The van der Waals surface area contributed by atoms with Crippen molar-refractivity contribution >= 4 is 55.7 Å². The van der Waals surface area contributed by atoms with Crippen LogP contribution in [0.25, 0.3) is 11.1 Å². The molecule has 0 spiro atoms. The van der Waals surface area contributed by atoms with E-state index >= 15 is 0 Å². The van der Waals surface area contributed by atoms with E-state index in [0.29, 0.717) is 15.1 Å². The van der Waals surface area contributed by atoms with E-state index in [-0.39, 0.29) is 9.75 Å². The minimum atomic E-state index is -5.66. The van der Waals surface area contributed by atoms with E-state index in [1.54, 1.807) is 0 Å². The van der Waals surface area contributed by atoms with Crippen LogP contribution >= 0.6 is 38.6 Å². The van der Waals surface area contributed by atoms with Crippen LogP contribution < -0.4 is 0 Å². The van der Waals surface area contributed by atoms with Crippen LogP contribution in [0.15, 0.2) is 15.9 Å². The normalized spacial score (nSPS) is 20.3. The minimum Gasteiger partial charge on any atom is -0.477 e. The predicted octanol–water partition coefficient (Wildman–Crippen LogP) is 6.72. The Morgan fingerprint density at radius 3 is 1.74 bits per heavy atom. The van der Waals surface area contributed by atoms with Gasteiger partial charge in [0.05, 0.1) is 3.79 Å². The summed E-state index contributed by atoms with van der Waals surface area (Å²) in [5.41, 5.74) is -4.05. The van der Waals surface area contributed by atoms with Gasteiger partial charge in [-0.3, -0.25) is 0 Å². The molecule has 2 aromatic heterocycles. The number of carboxylic acid groups (broad SMARTS) is 1. The monoisotopic (exact) mass is 490 g/mol. The Labute approximate surface area is 165 Å². The number of hydrogen-bond acceptors (Lipinski definition) is 3. The number of aromatic carboxylic acids is 1. The molecular weight excluding hydrogens is 482 g/mol. The van der Waals surface area contributed by atoms with Crippen molar-refractivity contribution in [2.24, 2.45) is 0 Å². The third-order valence-electron chi connectivity index (χ3n) is 4.22. The number of thiophene rings is 2. The predicted molar refractivity (Wildman–Crippen MR) is 94.4 cm³/mol. The second kappa shape index (κ2) is 6.08. The molecule has 0 radical (unpaired) electrons. The maximum atomic E-state index is 14.6. The lowest BCUT2D eigenvalue weighted by atomic mass is 9.95. The van der Waals surface area contributed by atoms with Gasteiger partial charge in [-0.05, 0) is 53.0 Å². The Balaban J connectivity index is 2.45. The number of carbonyl (C=O) groups is 1. The Bertz CT molecular complexity index is 989. The van der Waals surface area contributed by atoms with Gasteiger partial charge < -0.3 is 5.11 Å². The van der Waals surface area contributed by atoms with Crippen LogP contribution in [-0.2, 0) is 0 Å². The quantitative estimate of drug-likeness (QED) is 0.485. The number of carboxylic acids is 1. The van der Waals surface area contributed by atoms with Crippen LogP contribution in [-0.4, -0.2) is 28.8 Å². The highest BCUT2D eigenvalue weighted by molar-refractivity contribution is 9.11. The van der Waals surface area contributed by atoms with Crippen LogP contribution in [0.4, 0.5) is 26.3 Å². The molecule has 0 aliphatic heterocycles. The molecule has 1 N–H and O–H groups in total. The highest BCUT2D eigenvalue weighted by Crippen LogP contribution is 2.65. The molecule has 0 saturated heterocycles. The van der Waals surface area contributed by atoms with Gasteiger partial charge in [0.25, 0.3) is 0 Å². The van der Waals surface area contributed by atoms with Gasteiger partial charge in [-0.1, -0.05) is 0 Å². The molecule has 27 heavy (non-hydrogen) atoms. The topological polar surface area (TPSA) is 37.3 Å². The van der Waals surface area contributed by atoms with Crippen molar-refractivity contribution in [2.45, 2.75) is 31.6 Å². The fourth-order valence-corrected chi connectivity index (χ4v) is 5.52. The van der Waals surface area contributed by atoms with Gasteiger partial charge in [-0.15, -0.1) is 22.7 Å². The summed E-state index contributed by atoms with van der Waals surface area (Å²) >= 11 is 4.53. The van der Waals surface area contributed by atoms with Crippen LogP contribution in [0, 0.1) is 13.8 Å². The summed E-state index contributed by atoms with van der Waals surface area (Å²) in [6.07, 6.45) is 0. The largest absolute Gasteiger partial charge is 0.477 e. The average molecular weight is 491 g/mol. The zero-order valence-corrected chi connectivity index (χ0v) is 16.7. The molecule has 0 amide bonds. The van der Waals surface area contributed by atoms with E-state index in [1.807, 2.05) is 0 Å². The summed E-state index contributed by atoms with van der Waals surface area (Å²) in [5.74, 6) is -17.5. The first kappa shape index (κ1) is 20.4. The van der Waals surface area contributed by atoms with Gasteiger partial charge in [-0.25, -0.2) is 4.79 Å². The van der Waals surface area contributed by atoms with Crippen LogP contribution in [0.3, 0.4) is 0 Å². The van der Waals surface area contributed by atoms with Crippen LogP contribution in [0.1, 0.15) is 30.6 Å². The molecule has 1 aliphatic carbocycles. The number of aryl methyl sites for hydroxylation is 2. The van der Waals surface area contributed by atoms with Crippen molar-refractivity contribution in [2.75, 3.05) is 0 Å². The lowest BCUT2D eigenvalue weighted by Crippen LogP contribution is -2.48. The third kappa shape index (κ3) is 2.69. The summed E-state index contributed by atoms with van der Waals surface area (Å²) in [7, 11) is 0. The molecule has 0 fully saturated rings. The second-order valence-electron chi connectivity index (χ2n) is 5.88. The number of rotatable bonds is 3. The Morgan fingerprint density at radius 2 is 1.37 bits per heavy atom. The van der Waals surface area contributed by atoms with Crippen molar-refractivity contribution in [3.05, 3.63) is 41.7 Å². The van der Waals surface area contributed by atoms with Gasteiger partial charge in [0.15, 0.2) is 0 Å². The Kier molecular flexibility index (Phi) is 4.60. The lowest BCUT2D eigenvalue weighted by molar-refractivity contribution is -0.254. The van der Waals surface area contributed by atoms with E-state index in [2.05, 4.69) is 15.9 Å². The fourth-order valence-electron chi connectivity index (χ4n) is 2.96. The molecule has 0 saturated carbocycles. The van der Waals surface area contributed by atoms with Gasteiger partial charge >= 0.3 is 23.7 Å².